The van der Waals surface area contributed by atoms with Gasteiger partial charge in [-0.2, -0.15) is 0 Å². The zero-order valence-electron chi connectivity index (χ0n) is 16.1. The van der Waals surface area contributed by atoms with Gasteiger partial charge in [-0.25, -0.2) is 13.6 Å². The van der Waals surface area contributed by atoms with Crippen molar-refractivity contribution in [1.29, 1.82) is 0 Å². The average Bonchev–Trinajstić information content (AvgIpc) is 2.60. The number of primary sulfonamides is 1. The van der Waals surface area contributed by atoms with Crippen LogP contribution in [0, 0.1) is 12.8 Å². The summed E-state index contributed by atoms with van der Waals surface area (Å²) in [6.07, 6.45) is 0.457. The summed E-state index contributed by atoms with van der Waals surface area (Å²) in [5, 5.41) is 10.6. The lowest BCUT2D eigenvalue weighted by atomic mass is 10.0. The second kappa shape index (κ2) is 8.99. The van der Waals surface area contributed by atoms with Crippen LogP contribution in [0.4, 0.5) is 5.69 Å². The quantitative estimate of drug-likeness (QED) is 0.658. The Morgan fingerprint density at radius 3 is 2.18 bits per heavy atom. The highest BCUT2D eigenvalue weighted by Gasteiger charge is 2.23. The van der Waals surface area contributed by atoms with E-state index in [0.29, 0.717) is 17.7 Å². The van der Waals surface area contributed by atoms with Gasteiger partial charge < -0.3 is 10.6 Å². The van der Waals surface area contributed by atoms with Crippen molar-refractivity contribution in [2.75, 3.05) is 5.32 Å². The monoisotopic (exact) mass is 403 g/mol. The molecule has 8 heteroatoms. The van der Waals surface area contributed by atoms with Crippen LogP contribution in [0.3, 0.4) is 0 Å². The van der Waals surface area contributed by atoms with E-state index in [2.05, 4.69) is 10.6 Å². The number of hydrogen-bond donors (Lipinski definition) is 3. The molecule has 1 atom stereocenters. The number of hydrogen-bond acceptors (Lipinski definition) is 4. The smallest absolute Gasteiger partial charge is 0.252 e. The molecule has 0 unspecified atom stereocenters. The van der Waals surface area contributed by atoms with Gasteiger partial charge in [0.1, 0.15) is 6.04 Å². The molecule has 0 radical (unpaired) electrons. The molecule has 0 fully saturated rings. The summed E-state index contributed by atoms with van der Waals surface area (Å²) in [5.74, 6) is -0.514. The highest BCUT2D eigenvalue weighted by molar-refractivity contribution is 7.89. The van der Waals surface area contributed by atoms with Crippen molar-refractivity contribution in [2.45, 2.75) is 38.1 Å². The molecule has 2 rings (SSSR count). The van der Waals surface area contributed by atoms with Gasteiger partial charge in [0.2, 0.25) is 15.9 Å². The topological polar surface area (TPSA) is 118 Å². The summed E-state index contributed by atoms with van der Waals surface area (Å²) < 4.78 is 22.6. The Labute approximate surface area is 165 Å². The Morgan fingerprint density at radius 1 is 1.04 bits per heavy atom. The molecule has 2 aromatic rings. The molecule has 0 aromatic heterocycles. The Balaban J connectivity index is 2.14. The lowest BCUT2D eigenvalue weighted by Gasteiger charge is -2.21. The lowest BCUT2D eigenvalue weighted by Crippen LogP contribution is -2.44. The maximum Gasteiger partial charge on any atom is 0.252 e. The normalized spacial score (nSPS) is 12.5. The van der Waals surface area contributed by atoms with Gasteiger partial charge in [0.05, 0.1) is 4.90 Å². The summed E-state index contributed by atoms with van der Waals surface area (Å²) >= 11 is 0. The predicted octanol–water partition coefficient (Wildman–Crippen LogP) is 2.43. The van der Waals surface area contributed by atoms with Gasteiger partial charge in [0, 0.05) is 11.3 Å². The minimum Gasteiger partial charge on any atom is -0.340 e. The number of carbonyl (C=O) groups excluding carboxylic acids is 2. The van der Waals surface area contributed by atoms with Crippen molar-refractivity contribution in [3.63, 3.8) is 0 Å². The molecule has 0 aliphatic rings. The van der Waals surface area contributed by atoms with Crippen LogP contribution >= 0.6 is 0 Å². The maximum absolute atomic E-state index is 12.7. The number of aryl methyl sites for hydroxylation is 1. The van der Waals surface area contributed by atoms with E-state index in [1.54, 1.807) is 12.1 Å². The van der Waals surface area contributed by atoms with Gasteiger partial charge in [0.15, 0.2) is 0 Å². The van der Waals surface area contributed by atoms with E-state index in [0.717, 1.165) is 5.56 Å². The Morgan fingerprint density at radius 2 is 1.64 bits per heavy atom. The summed E-state index contributed by atoms with van der Waals surface area (Å²) in [7, 11) is -3.80. The van der Waals surface area contributed by atoms with Gasteiger partial charge >= 0.3 is 0 Å². The summed E-state index contributed by atoms with van der Waals surface area (Å²) in [6.45, 7) is 5.75. The Bertz CT molecular complexity index is 954. The van der Waals surface area contributed by atoms with Crippen LogP contribution in [0.15, 0.2) is 53.4 Å². The SMILES string of the molecule is Cc1ccccc1C(=O)N[C@H](CC(C)C)C(=O)Nc1ccc(S(N)(=O)=O)cc1. The minimum atomic E-state index is -3.80. The number of nitrogens with one attached hydrogen (secondary N) is 2. The van der Waals surface area contributed by atoms with Gasteiger partial charge in [-0.05, 0) is 55.2 Å². The zero-order valence-corrected chi connectivity index (χ0v) is 16.9. The average molecular weight is 404 g/mol. The first-order chi connectivity index (χ1) is 13.1. The Hall–Kier alpha value is -2.71. The zero-order chi connectivity index (χ0) is 20.9. The van der Waals surface area contributed by atoms with Crippen LogP contribution < -0.4 is 15.8 Å². The van der Waals surface area contributed by atoms with E-state index in [4.69, 9.17) is 5.14 Å². The predicted molar refractivity (Wildman–Crippen MR) is 108 cm³/mol. The van der Waals surface area contributed by atoms with Gasteiger partial charge in [-0.1, -0.05) is 32.0 Å². The molecular formula is C20H25N3O4S. The van der Waals surface area contributed by atoms with Crippen molar-refractivity contribution >= 4 is 27.5 Å². The third-order valence-electron chi connectivity index (χ3n) is 4.17. The molecule has 2 amide bonds. The molecular weight excluding hydrogens is 378 g/mol. The first-order valence-corrected chi connectivity index (χ1v) is 10.4. The van der Waals surface area contributed by atoms with Crippen LogP contribution in [-0.2, 0) is 14.8 Å². The fourth-order valence-corrected chi connectivity index (χ4v) is 3.24. The molecule has 28 heavy (non-hydrogen) atoms. The van der Waals surface area contributed by atoms with Gasteiger partial charge in [-0.3, -0.25) is 9.59 Å². The van der Waals surface area contributed by atoms with Crippen molar-refractivity contribution in [1.82, 2.24) is 5.32 Å². The standard InChI is InChI=1S/C20H25N3O4S/c1-13(2)12-18(23-19(24)17-7-5-4-6-14(17)3)20(25)22-15-8-10-16(11-9-15)28(21,26)27/h4-11,13,18H,12H2,1-3H3,(H,22,25)(H,23,24)(H2,21,26,27)/t18-/m1/s1. The number of carbonyl (C=O) groups is 2. The Kier molecular flexibility index (Phi) is 6.93. The first kappa shape index (κ1) is 21.6. The summed E-state index contributed by atoms with van der Waals surface area (Å²) in [6, 6.07) is 12.0. The van der Waals surface area contributed by atoms with Crippen molar-refractivity contribution in [2.24, 2.45) is 11.1 Å². The van der Waals surface area contributed by atoms with Crippen LogP contribution in [0.2, 0.25) is 0 Å². The van der Waals surface area contributed by atoms with Gasteiger partial charge in [-0.15, -0.1) is 0 Å². The third-order valence-corrected chi connectivity index (χ3v) is 5.10. The van der Waals surface area contributed by atoms with E-state index in [1.807, 2.05) is 32.9 Å². The van der Waals surface area contributed by atoms with E-state index < -0.39 is 16.1 Å². The van der Waals surface area contributed by atoms with E-state index in [9.17, 15) is 18.0 Å². The van der Waals surface area contributed by atoms with Crippen LogP contribution in [0.25, 0.3) is 0 Å². The second-order valence-corrected chi connectivity index (χ2v) is 8.59. The third kappa shape index (κ3) is 5.90. The largest absolute Gasteiger partial charge is 0.340 e. The number of nitrogens with two attached hydrogens (primary N) is 1. The van der Waals surface area contributed by atoms with Crippen molar-refractivity contribution < 1.29 is 18.0 Å². The number of amides is 2. The van der Waals surface area contributed by atoms with Crippen molar-refractivity contribution in [3.8, 4) is 0 Å². The number of anilines is 1. The molecule has 0 saturated carbocycles. The summed E-state index contributed by atoms with van der Waals surface area (Å²) in [4.78, 5) is 25.3. The summed E-state index contributed by atoms with van der Waals surface area (Å²) in [5.41, 5.74) is 1.75. The van der Waals surface area contributed by atoms with Crippen molar-refractivity contribution in [3.05, 3.63) is 59.7 Å². The molecule has 0 spiro atoms. The van der Waals surface area contributed by atoms with E-state index in [1.165, 1.54) is 24.3 Å². The van der Waals surface area contributed by atoms with Crippen LogP contribution in [0.1, 0.15) is 36.2 Å². The number of benzene rings is 2. The van der Waals surface area contributed by atoms with Crippen LogP contribution in [-0.4, -0.2) is 26.3 Å². The van der Waals surface area contributed by atoms with E-state index in [-0.39, 0.29) is 22.6 Å². The second-order valence-electron chi connectivity index (χ2n) is 7.03. The first-order valence-electron chi connectivity index (χ1n) is 8.88. The molecule has 0 aliphatic carbocycles. The lowest BCUT2D eigenvalue weighted by molar-refractivity contribution is -0.118. The molecule has 4 N–H and O–H groups in total. The fraction of sp³-hybridized carbons (Fsp3) is 0.300. The molecule has 7 nitrogen and oxygen atoms in total. The molecule has 0 bridgehead atoms. The van der Waals surface area contributed by atoms with Gasteiger partial charge in [0.25, 0.3) is 5.91 Å². The fourth-order valence-electron chi connectivity index (χ4n) is 2.72. The highest BCUT2D eigenvalue weighted by atomic mass is 32.2. The van der Waals surface area contributed by atoms with E-state index >= 15 is 0 Å². The maximum atomic E-state index is 12.7. The number of rotatable bonds is 7. The highest BCUT2D eigenvalue weighted by Crippen LogP contribution is 2.15. The molecule has 150 valence electrons. The number of sulfonamides is 1. The molecule has 0 aliphatic heterocycles. The molecule has 0 heterocycles. The molecule has 2 aromatic carbocycles. The minimum absolute atomic E-state index is 0.0444. The molecule has 0 saturated heterocycles. The van der Waals surface area contributed by atoms with Crippen LogP contribution in [0.5, 0.6) is 0 Å².